The molecule has 3 heterocycles. The molecule has 0 saturated carbocycles. The second-order valence-corrected chi connectivity index (χ2v) is 6.80. The Morgan fingerprint density at radius 3 is 2.68 bits per heavy atom. The number of anilines is 2. The van der Waals surface area contributed by atoms with Crippen LogP contribution in [0, 0.1) is 6.92 Å². The van der Waals surface area contributed by atoms with Crippen LogP contribution < -0.4 is 10.2 Å². The number of morpholine rings is 1. The Balaban J connectivity index is 1.54. The van der Waals surface area contributed by atoms with Crippen molar-refractivity contribution in [1.29, 1.82) is 0 Å². The number of carbonyl (C=O) groups excluding carboxylic acids is 1. The molecule has 1 aromatic carbocycles. The second kappa shape index (κ2) is 8.00. The molecular weight excluding hydrogens is 380 g/mol. The van der Waals surface area contributed by atoms with Crippen LogP contribution in [0.4, 0.5) is 11.5 Å². The SMILES string of the molecule is Cc1onc(-c2ccccc2Cl)c1C(=O)Nc1ccc(N2CCOCC2)cn1. The average molecular weight is 399 g/mol. The van der Waals surface area contributed by atoms with Crippen molar-refractivity contribution < 1.29 is 14.1 Å². The fourth-order valence-corrected chi connectivity index (χ4v) is 3.35. The predicted molar refractivity (Wildman–Crippen MR) is 107 cm³/mol. The van der Waals surface area contributed by atoms with Crippen LogP contribution in [0.2, 0.25) is 5.02 Å². The zero-order valence-corrected chi connectivity index (χ0v) is 16.1. The molecule has 4 rings (SSSR count). The number of aryl methyl sites for hydroxylation is 1. The number of hydrogen-bond donors (Lipinski definition) is 1. The zero-order chi connectivity index (χ0) is 19.5. The van der Waals surface area contributed by atoms with Crippen LogP contribution in [0.5, 0.6) is 0 Å². The van der Waals surface area contributed by atoms with Gasteiger partial charge in [-0.05, 0) is 25.1 Å². The maximum absolute atomic E-state index is 12.9. The number of benzene rings is 1. The molecule has 1 fully saturated rings. The molecule has 1 aliphatic rings. The molecule has 144 valence electrons. The lowest BCUT2D eigenvalue weighted by molar-refractivity contribution is 0.102. The van der Waals surface area contributed by atoms with Crippen molar-refractivity contribution in [3.8, 4) is 11.3 Å². The van der Waals surface area contributed by atoms with E-state index >= 15 is 0 Å². The average Bonchev–Trinajstić information content (AvgIpc) is 3.11. The molecule has 0 bridgehead atoms. The number of hydrogen-bond acceptors (Lipinski definition) is 6. The van der Waals surface area contributed by atoms with E-state index in [9.17, 15) is 4.79 Å². The van der Waals surface area contributed by atoms with Gasteiger partial charge >= 0.3 is 0 Å². The number of carbonyl (C=O) groups is 1. The van der Waals surface area contributed by atoms with Crippen LogP contribution in [0.1, 0.15) is 16.1 Å². The number of halogens is 1. The summed E-state index contributed by atoms with van der Waals surface area (Å²) >= 11 is 6.26. The molecule has 0 unspecified atom stereocenters. The molecule has 0 atom stereocenters. The van der Waals surface area contributed by atoms with E-state index in [-0.39, 0.29) is 5.91 Å². The Kier molecular flexibility index (Phi) is 5.27. The Morgan fingerprint density at radius 2 is 1.96 bits per heavy atom. The minimum absolute atomic E-state index is 0.340. The summed E-state index contributed by atoms with van der Waals surface area (Å²) in [5.41, 5.74) is 2.39. The van der Waals surface area contributed by atoms with Gasteiger partial charge in [-0.25, -0.2) is 4.98 Å². The smallest absolute Gasteiger partial charge is 0.262 e. The van der Waals surface area contributed by atoms with Gasteiger partial charge in [-0.2, -0.15) is 0 Å². The monoisotopic (exact) mass is 398 g/mol. The lowest BCUT2D eigenvalue weighted by Crippen LogP contribution is -2.36. The first-order valence-electron chi connectivity index (χ1n) is 8.95. The van der Waals surface area contributed by atoms with Gasteiger partial charge < -0.3 is 19.5 Å². The normalized spacial score (nSPS) is 14.1. The minimum atomic E-state index is -0.347. The molecular formula is C20H19ClN4O3. The van der Waals surface area contributed by atoms with Gasteiger partial charge in [0.25, 0.3) is 5.91 Å². The summed E-state index contributed by atoms with van der Waals surface area (Å²) in [4.78, 5) is 19.4. The summed E-state index contributed by atoms with van der Waals surface area (Å²) in [5.74, 6) is 0.519. The summed E-state index contributed by atoms with van der Waals surface area (Å²) in [7, 11) is 0. The van der Waals surface area contributed by atoms with E-state index in [1.54, 1.807) is 31.3 Å². The molecule has 1 aliphatic heterocycles. The van der Waals surface area contributed by atoms with Gasteiger partial charge in [0.2, 0.25) is 0 Å². The highest BCUT2D eigenvalue weighted by Gasteiger charge is 2.23. The highest BCUT2D eigenvalue weighted by molar-refractivity contribution is 6.33. The Bertz CT molecular complexity index is 981. The minimum Gasteiger partial charge on any atom is -0.378 e. The summed E-state index contributed by atoms with van der Waals surface area (Å²) < 4.78 is 10.6. The molecule has 3 aromatic rings. The fraction of sp³-hybridized carbons (Fsp3) is 0.250. The molecule has 1 N–H and O–H groups in total. The Hall–Kier alpha value is -2.90. The lowest BCUT2D eigenvalue weighted by Gasteiger charge is -2.28. The van der Waals surface area contributed by atoms with E-state index in [0.717, 1.165) is 18.8 Å². The molecule has 7 nitrogen and oxygen atoms in total. The maximum Gasteiger partial charge on any atom is 0.262 e. The van der Waals surface area contributed by atoms with Gasteiger partial charge in [-0.15, -0.1) is 0 Å². The van der Waals surface area contributed by atoms with Gasteiger partial charge in [0.05, 0.1) is 30.1 Å². The predicted octanol–water partition coefficient (Wildman–Crippen LogP) is 3.79. The molecule has 1 saturated heterocycles. The quantitative estimate of drug-likeness (QED) is 0.720. The highest BCUT2D eigenvalue weighted by atomic mass is 35.5. The van der Waals surface area contributed by atoms with Crippen molar-refractivity contribution in [2.75, 3.05) is 36.5 Å². The molecule has 8 heteroatoms. The van der Waals surface area contributed by atoms with E-state index in [0.29, 0.717) is 46.6 Å². The van der Waals surface area contributed by atoms with Crippen molar-refractivity contribution in [1.82, 2.24) is 10.1 Å². The maximum atomic E-state index is 12.9. The lowest BCUT2D eigenvalue weighted by atomic mass is 10.1. The van der Waals surface area contributed by atoms with Crippen LogP contribution in [0.25, 0.3) is 11.3 Å². The number of nitrogens with one attached hydrogen (secondary N) is 1. The standard InChI is InChI=1S/C20H19ClN4O3/c1-13-18(19(24-28-13)15-4-2-3-5-16(15)21)20(26)23-17-7-6-14(12-22-17)25-8-10-27-11-9-25/h2-7,12H,8-11H2,1H3,(H,22,23,26). The zero-order valence-electron chi connectivity index (χ0n) is 15.3. The van der Waals surface area contributed by atoms with Crippen molar-refractivity contribution in [3.05, 3.63) is 58.9 Å². The summed E-state index contributed by atoms with van der Waals surface area (Å²) in [6, 6.07) is 10.9. The van der Waals surface area contributed by atoms with Gasteiger partial charge in [0.1, 0.15) is 22.8 Å². The molecule has 0 spiro atoms. The van der Waals surface area contributed by atoms with Gasteiger partial charge in [0, 0.05) is 18.7 Å². The third kappa shape index (κ3) is 3.72. The van der Waals surface area contributed by atoms with Crippen LogP contribution >= 0.6 is 11.6 Å². The largest absolute Gasteiger partial charge is 0.378 e. The van der Waals surface area contributed by atoms with E-state index in [2.05, 4.69) is 20.4 Å². The van der Waals surface area contributed by atoms with Gasteiger partial charge in [-0.3, -0.25) is 4.79 Å². The van der Waals surface area contributed by atoms with Crippen LogP contribution in [0.3, 0.4) is 0 Å². The van der Waals surface area contributed by atoms with E-state index < -0.39 is 0 Å². The summed E-state index contributed by atoms with van der Waals surface area (Å²) in [5, 5.41) is 7.33. The summed E-state index contributed by atoms with van der Waals surface area (Å²) in [6.45, 7) is 4.76. The van der Waals surface area contributed by atoms with Crippen LogP contribution in [-0.4, -0.2) is 42.4 Å². The molecule has 1 amide bonds. The first-order valence-corrected chi connectivity index (χ1v) is 9.32. The van der Waals surface area contributed by atoms with Crippen molar-refractivity contribution in [3.63, 3.8) is 0 Å². The van der Waals surface area contributed by atoms with Crippen LogP contribution in [-0.2, 0) is 4.74 Å². The number of nitrogens with zero attached hydrogens (tertiary/aromatic N) is 3. The van der Waals surface area contributed by atoms with Crippen molar-refractivity contribution in [2.24, 2.45) is 0 Å². The third-order valence-electron chi connectivity index (χ3n) is 4.58. The molecule has 2 aromatic heterocycles. The number of ether oxygens (including phenoxy) is 1. The van der Waals surface area contributed by atoms with E-state index in [1.165, 1.54) is 0 Å². The fourth-order valence-electron chi connectivity index (χ4n) is 3.12. The Labute approximate surface area is 167 Å². The first kappa shape index (κ1) is 18.5. The summed E-state index contributed by atoms with van der Waals surface area (Å²) in [6.07, 6.45) is 1.75. The van der Waals surface area contributed by atoms with Crippen molar-refractivity contribution in [2.45, 2.75) is 6.92 Å². The van der Waals surface area contributed by atoms with E-state index in [4.69, 9.17) is 20.9 Å². The van der Waals surface area contributed by atoms with Gasteiger partial charge in [0.15, 0.2) is 0 Å². The molecule has 0 aliphatic carbocycles. The highest BCUT2D eigenvalue weighted by Crippen LogP contribution is 2.31. The number of aromatic nitrogens is 2. The number of rotatable bonds is 4. The Morgan fingerprint density at radius 1 is 1.18 bits per heavy atom. The van der Waals surface area contributed by atoms with Crippen LogP contribution in [0.15, 0.2) is 47.1 Å². The first-order chi connectivity index (χ1) is 13.6. The second-order valence-electron chi connectivity index (χ2n) is 6.40. The van der Waals surface area contributed by atoms with Crippen molar-refractivity contribution >= 4 is 29.0 Å². The molecule has 0 radical (unpaired) electrons. The van der Waals surface area contributed by atoms with Gasteiger partial charge in [-0.1, -0.05) is 35.0 Å². The molecule has 28 heavy (non-hydrogen) atoms. The number of pyridine rings is 1. The third-order valence-corrected chi connectivity index (χ3v) is 4.91. The number of amides is 1. The topological polar surface area (TPSA) is 80.5 Å². The van der Waals surface area contributed by atoms with E-state index in [1.807, 2.05) is 18.2 Å².